The van der Waals surface area contributed by atoms with Gasteiger partial charge in [0.15, 0.2) is 0 Å². The van der Waals surface area contributed by atoms with Crippen molar-refractivity contribution in [1.29, 1.82) is 0 Å². The molecule has 0 amide bonds. The molecule has 2 radical (unpaired) electrons. The molecule has 0 heterocycles. The molecule has 5 nitrogen and oxygen atoms in total. The highest BCUT2D eigenvalue weighted by molar-refractivity contribution is 5.95. The first-order valence-electron chi connectivity index (χ1n) is 0.823. The fourth-order valence-corrected chi connectivity index (χ4v) is 0. The van der Waals surface area contributed by atoms with Gasteiger partial charge in [0, 0.05) is 0 Å². The van der Waals surface area contributed by atoms with E-state index in [2.05, 4.69) is 0 Å². The van der Waals surface area contributed by atoms with E-state index in [9.17, 15) is 0 Å². The van der Waals surface area contributed by atoms with Crippen LogP contribution in [-0.4, -0.2) is 31.1 Å². The van der Waals surface area contributed by atoms with Gasteiger partial charge in [-0.2, -0.15) is 0 Å². The van der Waals surface area contributed by atoms with Crippen LogP contribution in [0.4, 0.5) is 0 Å². The van der Waals surface area contributed by atoms with Crippen molar-refractivity contribution in [3.8, 4) is 0 Å². The van der Waals surface area contributed by atoms with Gasteiger partial charge < -0.3 is 9.37 Å². The molecule has 34 valence electrons. The normalized spacial score (nSPS) is 4.83. The molecule has 6 heavy (non-hydrogen) atoms. The molecule has 0 spiro atoms. The number of nitrogens with zero attached hydrogens (tertiary/aromatic N) is 1. The molecule has 0 bridgehead atoms. The van der Waals surface area contributed by atoms with Crippen LogP contribution in [0.1, 0.15) is 0 Å². The van der Waals surface area contributed by atoms with Crippen LogP contribution in [-0.2, 0) is 0 Å². The fourth-order valence-electron chi connectivity index (χ4n) is 0. The van der Waals surface area contributed by atoms with Crippen molar-refractivity contribution >= 4 is 16.6 Å². The summed E-state index contributed by atoms with van der Waals surface area (Å²) in [6.45, 7) is 0. The zero-order chi connectivity index (χ0) is 5.58. The summed E-state index contributed by atoms with van der Waals surface area (Å²) in [4.78, 5) is 8.36. The van der Waals surface area contributed by atoms with E-state index in [0.29, 0.717) is 0 Å². The van der Waals surface area contributed by atoms with Crippen molar-refractivity contribution < 1.29 is 14.5 Å². The van der Waals surface area contributed by atoms with Crippen LogP contribution < -0.4 is 0 Å². The van der Waals surface area contributed by atoms with Crippen molar-refractivity contribution in [2.75, 3.05) is 0 Å². The topological polar surface area (TPSA) is 83.6 Å². The predicted octanol–water partition coefficient (Wildman–Crippen LogP) is -1.29. The summed E-state index contributed by atoms with van der Waals surface area (Å²) in [5, 5.41) is 13.6. The summed E-state index contributed by atoms with van der Waals surface area (Å²) in [6, 6.07) is 0. The predicted molar refractivity (Wildman–Crippen MR) is 16.8 cm³/mol. The molecule has 0 aromatic carbocycles. The fraction of sp³-hybridized carbons (Fsp3) is 0. The maximum absolute atomic E-state index is 8.36. The molecule has 6 heteroatoms. The lowest BCUT2D eigenvalue weighted by molar-refractivity contribution is -0.742. The maximum Gasteiger partial charge on any atom is 0.363 e. The molecule has 0 fully saturated rings. The molecule has 0 aromatic heterocycles. The molecule has 0 aliphatic heterocycles. The molecule has 0 saturated carbocycles. The molecule has 0 aliphatic rings. The largest absolute Gasteiger partial charge is 0.529 e. The smallest absolute Gasteiger partial charge is 0.363 e. The van der Waals surface area contributed by atoms with Gasteiger partial charge in [0.1, 0.15) is 0 Å². The Morgan fingerprint density at radius 3 is 1.67 bits per heavy atom. The molecule has 2 N–H and O–H groups in total. The summed E-state index contributed by atoms with van der Waals surface area (Å²) in [7, 11) is 0. The highest BCUT2D eigenvalue weighted by Crippen LogP contribution is 1.38. The van der Waals surface area contributed by atoms with Gasteiger partial charge in [0.05, 0.1) is 0 Å². The number of hydrogen-bond acceptors (Lipinski definition) is 3. The maximum atomic E-state index is 8.36. The lowest BCUT2D eigenvalue weighted by Crippen LogP contribution is -1.81. The molecular weight excluding hydrogens is 105 g/mol. The zero-order valence-electron chi connectivity index (χ0n) is 2.74. The zero-order valence-corrected chi connectivity index (χ0v) is 3.89. The van der Waals surface area contributed by atoms with Crippen LogP contribution in [0, 0.1) is 10.1 Å². The van der Waals surface area contributed by atoms with Crippen molar-refractivity contribution in [2.24, 2.45) is 0 Å². The SMILES string of the molecule is O=[N+]([O-])O.[OH][Al]. The average Bonchev–Trinajstić information content (AvgIpc) is 1.41. The Morgan fingerprint density at radius 1 is 1.67 bits per heavy atom. The highest BCUT2D eigenvalue weighted by atomic mass is 27.1. The van der Waals surface area contributed by atoms with E-state index >= 15 is 0 Å². The third-order valence-electron chi connectivity index (χ3n) is 0. The second-order valence-electron chi connectivity index (χ2n) is 0.238. The van der Waals surface area contributed by atoms with Crippen molar-refractivity contribution in [3.05, 3.63) is 10.1 Å². The van der Waals surface area contributed by atoms with Crippen molar-refractivity contribution in [2.45, 2.75) is 0 Å². The van der Waals surface area contributed by atoms with Crippen LogP contribution in [0.25, 0.3) is 0 Å². The molecular formula is H2AlNO4. The van der Waals surface area contributed by atoms with Crippen LogP contribution in [0.2, 0.25) is 0 Å². The van der Waals surface area contributed by atoms with E-state index in [1.54, 1.807) is 0 Å². The van der Waals surface area contributed by atoms with Crippen LogP contribution >= 0.6 is 0 Å². The Morgan fingerprint density at radius 2 is 1.67 bits per heavy atom. The monoisotopic (exact) mass is 107 g/mol. The molecule has 0 atom stereocenters. The first-order chi connectivity index (χ1) is 2.73. The van der Waals surface area contributed by atoms with Crippen LogP contribution in [0.15, 0.2) is 0 Å². The van der Waals surface area contributed by atoms with Crippen LogP contribution in [0.3, 0.4) is 0 Å². The molecule has 0 aliphatic carbocycles. The van der Waals surface area contributed by atoms with Gasteiger partial charge in [-0.05, 0) is 0 Å². The quantitative estimate of drug-likeness (QED) is 0.229. The van der Waals surface area contributed by atoms with Gasteiger partial charge in [-0.3, -0.25) is 0 Å². The highest BCUT2D eigenvalue weighted by Gasteiger charge is 1.65. The van der Waals surface area contributed by atoms with Gasteiger partial charge in [0.25, 0.3) is 5.09 Å². The summed E-state index contributed by atoms with van der Waals surface area (Å²) in [5.41, 5.74) is 0. The van der Waals surface area contributed by atoms with E-state index in [1.165, 1.54) is 16.6 Å². The molecule has 0 unspecified atom stereocenters. The van der Waals surface area contributed by atoms with Gasteiger partial charge >= 0.3 is 16.6 Å². The Balaban J connectivity index is 0. The van der Waals surface area contributed by atoms with E-state index in [-0.39, 0.29) is 0 Å². The molecule has 0 aromatic rings. The van der Waals surface area contributed by atoms with Crippen LogP contribution in [0.5, 0.6) is 0 Å². The summed E-state index contributed by atoms with van der Waals surface area (Å²) >= 11 is 1.42. The minimum absolute atomic E-state index is 1.42. The third-order valence-corrected chi connectivity index (χ3v) is 0. The van der Waals surface area contributed by atoms with Gasteiger partial charge in [-0.25, -0.2) is 0 Å². The van der Waals surface area contributed by atoms with Crippen molar-refractivity contribution in [3.63, 3.8) is 0 Å². The minimum Gasteiger partial charge on any atom is -0.529 e. The number of hydrogen-bond donors (Lipinski definition) is 2. The van der Waals surface area contributed by atoms with E-state index in [1.807, 2.05) is 0 Å². The summed E-state index contributed by atoms with van der Waals surface area (Å²) < 4.78 is 6.92. The lowest BCUT2D eigenvalue weighted by Gasteiger charge is -1.56. The number of rotatable bonds is 0. The van der Waals surface area contributed by atoms with E-state index in [0.717, 1.165) is 0 Å². The first-order valence-corrected chi connectivity index (χ1v) is 1.34. The summed E-state index contributed by atoms with van der Waals surface area (Å²) in [6.07, 6.45) is 0. The van der Waals surface area contributed by atoms with E-state index < -0.39 is 5.09 Å². The Kier molecular flexibility index (Phi) is 13.5. The van der Waals surface area contributed by atoms with Crippen molar-refractivity contribution in [1.82, 2.24) is 0 Å². The minimum atomic E-state index is -1.50. The molecule has 0 saturated heterocycles. The second kappa shape index (κ2) is 8.83. The Labute approximate surface area is 42.1 Å². The first kappa shape index (κ1) is 9.19. The third kappa shape index (κ3) is 283. The Bertz CT molecular complexity index is 30.5. The average molecular weight is 107 g/mol. The van der Waals surface area contributed by atoms with Gasteiger partial charge in [0.2, 0.25) is 0 Å². The summed E-state index contributed by atoms with van der Waals surface area (Å²) in [5.74, 6) is 0. The van der Waals surface area contributed by atoms with Gasteiger partial charge in [-0.15, -0.1) is 10.1 Å². The Hall–Kier alpha value is -0.308. The van der Waals surface area contributed by atoms with E-state index in [4.69, 9.17) is 19.5 Å². The standard InChI is InChI=1S/Al.HNO3.H2O/c;2-1(3)4;/h;(H,2,3,4);1H2/q+1;;/p-1. The molecule has 0 rings (SSSR count). The second-order valence-corrected chi connectivity index (χ2v) is 0.238. The van der Waals surface area contributed by atoms with Gasteiger partial charge in [-0.1, -0.05) is 0 Å². The lowest BCUT2D eigenvalue weighted by atomic mass is 13.1.